The fourth-order valence-electron chi connectivity index (χ4n) is 1.62. The molecule has 2 N–H and O–H groups in total. The smallest absolute Gasteiger partial charge is 0.320 e. The number of anilines is 2. The van der Waals surface area contributed by atoms with E-state index in [2.05, 4.69) is 32.9 Å². The van der Waals surface area contributed by atoms with Gasteiger partial charge >= 0.3 is 6.01 Å². The standard InChI is InChI=1S/C11H18N6O/c1-4-8-9(7-17(3)16-8)13-11-15-14-10(18-11)6-12-5-2/h7,12H,4-6H2,1-3H3,(H,13,15). The van der Waals surface area contributed by atoms with Gasteiger partial charge < -0.3 is 15.1 Å². The molecule has 7 heteroatoms. The molecular formula is C11H18N6O. The van der Waals surface area contributed by atoms with Gasteiger partial charge in [0, 0.05) is 13.2 Å². The first-order chi connectivity index (χ1) is 8.72. The summed E-state index contributed by atoms with van der Waals surface area (Å²) in [5.74, 6) is 0.571. The van der Waals surface area contributed by atoms with E-state index in [1.54, 1.807) is 4.68 Å². The molecule has 7 nitrogen and oxygen atoms in total. The van der Waals surface area contributed by atoms with Crippen LogP contribution in [0.5, 0.6) is 0 Å². The number of hydrogen-bond donors (Lipinski definition) is 2. The molecule has 0 saturated carbocycles. The van der Waals surface area contributed by atoms with Crippen LogP contribution >= 0.6 is 0 Å². The van der Waals surface area contributed by atoms with Crippen LogP contribution in [0.4, 0.5) is 11.7 Å². The number of nitrogens with zero attached hydrogens (tertiary/aromatic N) is 4. The van der Waals surface area contributed by atoms with E-state index in [0.29, 0.717) is 18.5 Å². The highest BCUT2D eigenvalue weighted by molar-refractivity contribution is 5.54. The van der Waals surface area contributed by atoms with Crippen molar-refractivity contribution in [2.45, 2.75) is 26.8 Å². The molecule has 0 fully saturated rings. The van der Waals surface area contributed by atoms with Crippen LogP contribution in [-0.4, -0.2) is 26.5 Å². The van der Waals surface area contributed by atoms with E-state index >= 15 is 0 Å². The number of nitrogens with one attached hydrogen (secondary N) is 2. The molecule has 0 aromatic carbocycles. The van der Waals surface area contributed by atoms with Crippen LogP contribution in [0, 0.1) is 0 Å². The third-order valence-corrected chi connectivity index (χ3v) is 2.47. The molecule has 0 aliphatic rings. The van der Waals surface area contributed by atoms with E-state index in [1.165, 1.54) is 0 Å². The quantitative estimate of drug-likeness (QED) is 0.802. The molecule has 18 heavy (non-hydrogen) atoms. The molecule has 2 aromatic rings. The Labute approximate surface area is 106 Å². The summed E-state index contributed by atoms with van der Waals surface area (Å²) in [5.41, 5.74) is 1.88. The molecule has 2 aromatic heterocycles. The zero-order valence-corrected chi connectivity index (χ0v) is 10.9. The molecule has 0 unspecified atom stereocenters. The Kier molecular flexibility index (Phi) is 3.93. The minimum absolute atomic E-state index is 0.394. The maximum Gasteiger partial charge on any atom is 0.320 e. The van der Waals surface area contributed by atoms with Gasteiger partial charge in [-0.25, -0.2) is 0 Å². The summed E-state index contributed by atoms with van der Waals surface area (Å²) in [6.45, 7) is 5.53. The van der Waals surface area contributed by atoms with E-state index in [-0.39, 0.29) is 0 Å². The van der Waals surface area contributed by atoms with Crippen molar-refractivity contribution in [1.82, 2.24) is 25.3 Å². The molecule has 0 amide bonds. The molecular weight excluding hydrogens is 232 g/mol. The highest BCUT2D eigenvalue weighted by Crippen LogP contribution is 2.19. The van der Waals surface area contributed by atoms with Crippen LogP contribution in [0.15, 0.2) is 10.6 Å². The summed E-state index contributed by atoms with van der Waals surface area (Å²) in [7, 11) is 1.88. The van der Waals surface area contributed by atoms with Crippen molar-refractivity contribution in [3.05, 3.63) is 17.8 Å². The summed E-state index contributed by atoms with van der Waals surface area (Å²) in [6, 6.07) is 0.394. The summed E-state index contributed by atoms with van der Waals surface area (Å²) in [4.78, 5) is 0. The predicted octanol–water partition coefficient (Wildman–Crippen LogP) is 1.22. The van der Waals surface area contributed by atoms with Gasteiger partial charge in [0.15, 0.2) is 0 Å². The Morgan fingerprint density at radius 3 is 2.89 bits per heavy atom. The van der Waals surface area contributed by atoms with Crippen LogP contribution in [0.2, 0.25) is 0 Å². The van der Waals surface area contributed by atoms with E-state index in [1.807, 2.05) is 20.2 Å². The highest BCUT2D eigenvalue weighted by Gasteiger charge is 2.10. The van der Waals surface area contributed by atoms with Crippen LogP contribution in [0.25, 0.3) is 0 Å². The van der Waals surface area contributed by atoms with Crippen LogP contribution < -0.4 is 10.6 Å². The summed E-state index contributed by atoms with van der Waals surface area (Å²) in [5, 5.41) is 18.4. The molecule has 0 aliphatic heterocycles. The van der Waals surface area contributed by atoms with Gasteiger partial charge in [0.05, 0.1) is 17.9 Å². The first-order valence-corrected chi connectivity index (χ1v) is 6.05. The van der Waals surface area contributed by atoms with Crippen molar-refractivity contribution in [3.8, 4) is 0 Å². The van der Waals surface area contributed by atoms with E-state index in [9.17, 15) is 0 Å². The van der Waals surface area contributed by atoms with Gasteiger partial charge in [-0.3, -0.25) is 4.68 Å². The van der Waals surface area contributed by atoms with Crippen molar-refractivity contribution in [1.29, 1.82) is 0 Å². The van der Waals surface area contributed by atoms with Crippen molar-refractivity contribution in [2.75, 3.05) is 11.9 Å². The molecule has 0 radical (unpaired) electrons. The van der Waals surface area contributed by atoms with E-state index < -0.39 is 0 Å². The number of hydrogen-bond acceptors (Lipinski definition) is 6. The van der Waals surface area contributed by atoms with Gasteiger partial charge in [-0.2, -0.15) is 5.10 Å². The van der Waals surface area contributed by atoms with E-state index in [4.69, 9.17) is 4.42 Å². The normalized spacial score (nSPS) is 10.8. The third-order valence-electron chi connectivity index (χ3n) is 2.47. The molecule has 0 spiro atoms. The number of rotatable bonds is 6. The third kappa shape index (κ3) is 2.86. The zero-order chi connectivity index (χ0) is 13.0. The summed E-state index contributed by atoms with van der Waals surface area (Å²) >= 11 is 0. The molecule has 2 rings (SSSR count). The topological polar surface area (TPSA) is 80.8 Å². The van der Waals surface area contributed by atoms with Gasteiger partial charge in [0.1, 0.15) is 0 Å². The fourth-order valence-corrected chi connectivity index (χ4v) is 1.62. The lowest BCUT2D eigenvalue weighted by Gasteiger charge is -1.98. The van der Waals surface area contributed by atoms with Crippen LogP contribution in [0.1, 0.15) is 25.4 Å². The van der Waals surface area contributed by atoms with Crippen molar-refractivity contribution < 1.29 is 4.42 Å². The second kappa shape index (κ2) is 5.63. The molecule has 0 bridgehead atoms. The van der Waals surface area contributed by atoms with Crippen molar-refractivity contribution in [3.63, 3.8) is 0 Å². The lowest BCUT2D eigenvalue weighted by Crippen LogP contribution is -2.11. The Morgan fingerprint density at radius 1 is 1.33 bits per heavy atom. The average Bonchev–Trinajstić information content (AvgIpc) is 2.94. The molecule has 98 valence electrons. The van der Waals surface area contributed by atoms with Crippen LogP contribution in [0.3, 0.4) is 0 Å². The molecule has 0 atom stereocenters. The minimum Gasteiger partial charge on any atom is -0.406 e. The molecule has 2 heterocycles. The second-order valence-electron chi connectivity index (χ2n) is 3.92. The Morgan fingerprint density at radius 2 is 2.17 bits per heavy atom. The van der Waals surface area contributed by atoms with Crippen LogP contribution in [-0.2, 0) is 20.0 Å². The maximum absolute atomic E-state index is 5.47. The Hall–Kier alpha value is -1.89. The minimum atomic E-state index is 0.394. The lowest BCUT2D eigenvalue weighted by molar-refractivity contribution is 0.484. The summed E-state index contributed by atoms with van der Waals surface area (Å²) in [6.07, 6.45) is 2.74. The SMILES string of the molecule is CCNCc1nnc(Nc2cn(C)nc2CC)o1. The first-order valence-electron chi connectivity index (χ1n) is 6.05. The van der Waals surface area contributed by atoms with Crippen molar-refractivity contribution >= 4 is 11.7 Å². The average molecular weight is 250 g/mol. The van der Waals surface area contributed by atoms with E-state index in [0.717, 1.165) is 24.3 Å². The van der Waals surface area contributed by atoms with Gasteiger partial charge in [-0.15, -0.1) is 5.10 Å². The fraction of sp³-hybridized carbons (Fsp3) is 0.545. The zero-order valence-electron chi connectivity index (χ0n) is 10.9. The van der Waals surface area contributed by atoms with Gasteiger partial charge in [-0.1, -0.05) is 18.9 Å². The lowest BCUT2D eigenvalue weighted by atomic mass is 10.3. The van der Waals surface area contributed by atoms with Gasteiger partial charge in [0.2, 0.25) is 5.89 Å². The van der Waals surface area contributed by atoms with Gasteiger partial charge in [0.25, 0.3) is 0 Å². The summed E-state index contributed by atoms with van der Waals surface area (Å²) < 4.78 is 7.23. The number of aryl methyl sites for hydroxylation is 2. The second-order valence-corrected chi connectivity index (χ2v) is 3.92. The van der Waals surface area contributed by atoms with Crippen molar-refractivity contribution in [2.24, 2.45) is 7.05 Å². The molecule has 0 aliphatic carbocycles. The Balaban J connectivity index is 2.06. The van der Waals surface area contributed by atoms with Gasteiger partial charge in [-0.05, 0) is 13.0 Å². The Bertz CT molecular complexity index is 503. The molecule has 0 saturated heterocycles. The largest absolute Gasteiger partial charge is 0.406 e. The predicted molar refractivity (Wildman–Crippen MR) is 67.5 cm³/mol. The monoisotopic (exact) mass is 250 g/mol. The maximum atomic E-state index is 5.47. The first kappa shape index (κ1) is 12.6. The highest BCUT2D eigenvalue weighted by atomic mass is 16.4. The number of aromatic nitrogens is 4.